The molecule has 1 aliphatic rings. The molecule has 1 aliphatic carbocycles. The van der Waals surface area contributed by atoms with Crippen molar-refractivity contribution in [2.45, 2.75) is 72.9 Å². The summed E-state index contributed by atoms with van der Waals surface area (Å²) in [5.41, 5.74) is -1.05. The van der Waals surface area contributed by atoms with Gasteiger partial charge in [-0.1, -0.05) is 41.5 Å². The minimum atomic E-state index is -0.501. The Balaban J connectivity index is 3.16. The number of rotatable bonds is 3. The highest BCUT2D eigenvalue weighted by molar-refractivity contribution is 5.83. The maximum Gasteiger partial charge on any atom is 0.228 e. The molecule has 0 aliphatic heterocycles. The lowest BCUT2D eigenvalue weighted by atomic mass is 9.73. The second kappa shape index (κ2) is 4.52. The van der Waals surface area contributed by atoms with E-state index in [0.29, 0.717) is 6.04 Å². The van der Waals surface area contributed by atoms with E-state index in [9.17, 15) is 9.90 Å². The summed E-state index contributed by atoms with van der Waals surface area (Å²) in [5, 5.41) is 9.89. The molecule has 1 fully saturated rings. The minimum absolute atomic E-state index is 0.00875. The first-order chi connectivity index (χ1) is 7.95. The predicted octanol–water partition coefficient (Wildman–Crippen LogP) is 2.82. The Labute approximate surface area is 112 Å². The zero-order chi connectivity index (χ0) is 14.4. The molecule has 1 atom stereocenters. The van der Waals surface area contributed by atoms with Crippen molar-refractivity contribution >= 4 is 5.91 Å². The minimum Gasteiger partial charge on any atom is -0.394 e. The van der Waals surface area contributed by atoms with E-state index in [1.165, 1.54) is 0 Å². The fourth-order valence-electron chi connectivity index (χ4n) is 2.16. The first-order valence-corrected chi connectivity index (χ1v) is 6.90. The Kier molecular flexibility index (Phi) is 3.89. The zero-order valence-corrected chi connectivity index (χ0v) is 13.0. The summed E-state index contributed by atoms with van der Waals surface area (Å²) in [7, 11) is 0. The molecule has 106 valence electrons. The van der Waals surface area contributed by atoms with Crippen molar-refractivity contribution in [2.75, 3.05) is 6.61 Å². The molecule has 0 spiro atoms. The Morgan fingerprint density at radius 1 is 1.11 bits per heavy atom. The van der Waals surface area contributed by atoms with E-state index in [2.05, 4.69) is 20.8 Å². The molecule has 1 amide bonds. The average Bonchev–Trinajstić information content (AvgIpc) is 2.98. The topological polar surface area (TPSA) is 40.5 Å². The van der Waals surface area contributed by atoms with Gasteiger partial charge in [0, 0.05) is 11.5 Å². The average molecular weight is 255 g/mol. The Morgan fingerprint density at radius 3 is 1.78 bits per heavy atom. The van der Waals surface area contributed by atoms with Crippen molar-refractivity contribution in [2.24, 2.45) is 10.8 Å². The molecule has 18 heavy (non-hydrogen) atoms. The molecule has 0 unspecified atom stereocenters. The van der Waals surface area contributed by atoms with Gasteiger partial charge in [-0.2, -0.15) is 0 Å². The van der Waals surface area contributed by atoms with Gasteiger partial charge < -0.3 is 10.0 Å². The van der Waals surface area contributed by atoms with Crippen LogP contribution in [0.25, 0.3) is 0 Å². The number of aliphatic hydroxyl groups excluding tert-OH is 1. The van der Waals surface area contributed by atoms with Gasteiger partial charge in [0.2, 0.25) is 5.91 Å². The summed E-state index contributed by atoms with van der Waals surface area (Å²) in [6, 6.07) is 0.313. The number of hydrogen-bond donors (Lipinski definition) is 1. The van der Waals surface area contributed by atoms with Crippen LogP contribution in [0.4, 0.5) is 0 Å². The zero-order valence-electron chi connectivity index (χ0n) is 13.0. The summed E-state index contributed by atoms with van der Waals surface area (Å²) in [5.74, 6) is 0.150. The van der Waals surface area contributed by atoms with Crippen LogP contribution in [0, 0.1) is 10.8 Å². The highest BCUT2D eigenvalue weighted by Gasteiger charge is 2.51. The van der Waals surface area contributed by atoms with E-state index in [-0.39, 0.29) is 17.9 Å². The summed E-state index contributed by atoms with van der Waals surface area (Å²) in [6.07, 6.45) is 2.13. The van der Waals surface area contributed by atoms with E-state index >= 15 is 0 Å². The Morgan fingerprint density at radius 2 is 1.56 bits per heavy atom. The molecule has 0 aromatic rings. The van der Waals surface area contributed by atoms with Crippen LogP contribution in [0.1, 0.15) is 61.3 Å². The molecule has 1 saturated carbocycles. The number of carbonyl (C=O) groups is 1. The molecule has 0 aromatic heterocycles. The predicted molar refractivity (Wildman–Crippen MR) is 74.3 cm³/mol. The van der Waals surface area contributed by atoms with E-state index < -0.39 is 11.0 Å². The fraction of sp³-hybridized carbons (Fsp3) is 0.933. The second-order valence-electron chi connectivity index (χ2n) is 7.84. The number of aliphatic hydroxyl groups is 1. The van der Waals surface area contributed by atoms with Gasteiger partial charge in [-0.3, -0.25) is 4.79 Å². The molecular weight excluding hydrogens is 226 g/mol. The van der Waals surface area contributed by atoms with Crippen LogP contribution in [0.3, 0.4) is 0 Å². The molecule has 3 heteroatoms. The number of carbonyl (C=O) groups excluding carboxylic acids is 1. The lowest BCUT2D eigenvalue weighted by Crippen LogP contribution is -2.62. The van der Waals surface area contributed by atoms with Crippen LogP contribution in [0.15, 0.2) is 0 Å². The third kappa shape index (κ3) is 2.71. The highest BCUT2D eigenvalue weighted by atomic mass is 16.3. The first kappa shape index (κ1) is 15.5. The van der Waals surface area contributed by atoms with E-state index in [1.807, 2.05) is 32.6 Å². The Hall–Kier alpha value is -0.570. The van der Waals surface area contributed by atoms with Gasteiger partial charge in [-0.15, -0.1) is 0 Å². The number of hydrogen-bond acceptors (Lipinski definition) is 2. The van der Waals surface area contributed by atoms with Gasteiger partial charge in [-0.25, -0.2) is 0 Å². The van der Waals surface area contributed by atoms with Crippen molar-refractivity contribution in [3.63, 3.8) is 0 Å². The van der Waals surface area contributed by atoms with Crippen LogP contribution >= 0.6 is 0 Å². The Bertz CT molecular complexity index is 320. The van der Waals surface area contributed by atoms with Crippen molar-refractivity contribution in [3.05, 3.63) is 0 Å². The highest BCUT2D eigenvalue weighted by Crippen LogP contribution is 2.43. The summed E-state index contributed by atoms with van der Waals surface area (Å²) < 4.78 is 0. The summed E-state index contributed by atoms with van der Waals surface area (Å²) >= 11 is 0. The SMILES string of the molecule is CC(C)(C)C(=O)N(C1CC1)[C@](C)(CO)C(C)(C)C. The molecule has 0 aromatic carbocycles. The van der Waals surface area contributed by atoms with E-state index in [0.717, 1.165) is 12.8 Å². The van der Waals surface area contributed by atoms with Gasteiger partial charge in [0.15, 0.2) is 0 Å². The van der Waals surface area contributed by atoms with Crippen molar-refractivity contribution < 1.29 is 9.90 Å². The lowest BCUT2D eigenvalue weighted by molar-refractivity contribution is -0.155. The monoisotopic (exact) mass is 255 g/mol. The molecule has 1 rings (SSSR count). The molecular formula is C15H29NO2. The van der Waals surface area contributed by atoms with E-state index in [4.69, 9.17) is 0 Å². The maximum absolute atomic E-state index is 12.7. The third-order valence-corrected chi connectivity index (χ3v) is 4.23. The van der Waals surface area contributed by atoms with Crippen LogP contribution in [-0.2, 0) is 4.79 Å². The molecule has 0 radical (unpaired) electrons. The second-order valence-corrected chi connectivity index (χ2v) is 7.84. The number of amides is 1. The van der Waals surface area contributed by atoms with Crippen molar-refractivity contribution in [1.29, 1.82) is 0 Å². The van der Waals surface area contributed by atoms with Gasteiger partial charge in [0.05, 0.1) is 12.1 Å². The normalized spacial score (nSPS) is 20.4. The van der Waals surface area contributed by atoms with Crippen LogP contribution < -0.4 is 0 Å². The van der Waals surface area contributed by atoms with Gasteiger partial charge in [0.1, 0.15) is 0 Å². The lowest BCUT2D eigenvalue weighted by Gasteiger charge is -2.51. The van der Waals surface area contributed by atoms with Gasteiger partial charge in [-0.05, 0) is 25.2 Å². The third-order valence-electron chi connectivity index (χ3n) is 4.23. The quantitative estimate of drug-likeness (QED) is 0.842. The standard InChI is InChI=1S/C15H29NO2/c1-13(2,3)12(18)16(11-8-9-11)15(7,10-17)14(4,5)6/h11,17H,8-10H2,1-7H3/t15-/m1/s1. The fourth-order valence-corrected chi connectivity index (χ4v) is 2.16. The van der Waals surface area contributed by atoms with Gasteiger partial charge in [0.25, 0.3) is 0 Å². The van der Waals surface area contributed by atoms with Crippen LogP contribution in [0.5, 0.6) is 0 Å². The molecule has 0 saturated heterocycles. The van der Waals surface area contributed by atoms with Gasteiger partial charge >= 0.3 is 0 Å². The summed E-state index contributed by atoms with van der Waals surface area (Å²) in [4.78, 5) is 14.7. The molecule has 0 heterocycles. The largest absolute Gasteiger partial charge is 0.394 e. The van der Waals surface area contributed by atoms with Crippen LogP contribution in [-0.4, -0.2) is 34.1 Å². The molecule has 1 N–H and O–H groups in total. The van der Waals surface area contributed by atoms with E-state index in [1.54, 1.807) is 0 Å². The first-order valence-electron chi connectivity index (χ1n) is 6.90. The summed E-state index contributed by atoms with van der Waals surface area (Å²) in [6.45, 7) is 14.1. The van der Waals surface area contributed by atoms with Crippen molar-refractivity contribution in [3.8, 4) is 0 Å². The van der Waals surface area contributed by atoms with Crippen molar-refractivity contribution in [1.82, 2.24) is 4.90 Å². The number of nitrogens with zero attached hydrogens (tertiary/aromatic N) is 1. The molecule has 0 bridgehead atoms. The maximum atomic E-state index is 12.7. The smallest absolute Gasteiger partial charge is 0.228 e. The molecule has 3 nitrogen and oxygen atoms in total. The van der Waals surface area contributed by atoms with Crippen LogP contribution in [0.2, 0.25) is 0 Å².